The molecule has 7 nitrogen and oxygen atoms in total. The van der Waals surface area contributed by atoms with Crippen LogP contribution in [0.4, 0.5) is 5.13 Å². The van der Waals surface area contributed by atoms with E-state index in [4.69, 9.17) is 10.5 Å². The van der Waals surface area contributed by atoms with Gasteiger partial charge in [0.2, 0.25) is 5.91 Å². The minimum Gasteiger partial charge on any atom is -0.457 e. The Labute approximate surface area is 183 Å². The van der Waals surface area contributed by atoms with E-state index < -0.39 is 5.91 Å². The van der Waals surface area contributed by atoms with Crippen LogP contribution in [0, 0.1) is 5.41 Å². The molecule has 158 valence electrons. The van der Waals surface area contributed by atoms with Crippen molar-refractivity contribution in [3.8, 4) is 11.5 Å². The van der Waals surface area contributed by atoms with E-state index >= 15 is 0 Å². The quantitative estimate of drug-likeness (QED) is 0.615. The highest BCUT2D eigenvalue weighted by Gasteiger charge is 2.34. The largest absolute Gasteiger partial charge is 0.457 e. The van der Waals surface area contributed by atoms with Crippen molar-refractivity contribution >= 4 is 34.1 Å². The van der Waals surface area contributed by atoms with Crippen molar-refractivity contribution in [3.63, 3.8) is 0 Å². The minimum absolute atomic E-state index is 0.0783. The number of nitrogens with two attached hydrogens (primary N) is 1. The van der Waals surface area contributed by atoms with Gasteiger partial charge in [-0.1, -0.05) is 25.2 Å². The molecule has 31 heavy (non-hydrogen) atoms. The second-order valence-corrected chi connectivity index (χ2v) is 9.20. The number of ketones is 1. The topological polar surface area (TPSA) is 111 Å². The Bertz CT molecular complexity index is 1160. The molecule has 4 rings (SSSR count). The molecule has 1 aliphatic rings. The number of Topliss-reactive ketones (excluding diaryl/α,β-unsaturated/α-hetero) is 1. The number of carbonyl (C=O) groups is 3. The van der Waals surface area contributed by atoms with E-state index in [1.807, 2.05) is 13.8 Å². The van der Waals surface area contributed by atoms with Gasteiger partial charge in [-0.3, -0.25) is 19.7 Å². The van der Waals surface area contributed by atoms with Gasteiger partial charge in [-0.05, 0) is 60.4 Å². The Morgan fingerprint density at radius 3 is 2.16 bits per heavy atom. The fourth-order valence-electron chi connectivity index (χ4n) is 3.44. The van der Waals surface area contributed by atoms with Gasteiger partial charge in [0.15, 0.2) is 10.9 Å². The molecule has 0 fully saturated rings. The normalized spacial score (nSPS) is 14.6. The highest BCUT2D eigenvalue weighted by atomic mass is 32.1. The SMILES string of the molecule is CC1(C)CC(=O)c2sc(NC(=O)c3ccc(Oc4ccc(C(N)=O)cc4)cc3)nc2C1. The lowest BCUT2D eigenvalue weighted by Gasteiger charge is -2.26. The fraction of sp³-hybridized carbons (Fsp3) is 0.217. The third-order valence-corrected chi connectivity index (χ3v) is 6.00. The number of ether oxygens (including phenoxy) is 1. The van der Waals surface area contributed by atoms with Crippen molar-refractivity contribution in [2.75, 3.05) is 5.32 Å². The first-order valence-electron chi connectivity index (χ1n) is 9.72. The molecule has 0 saturated heterocycles. The number of benzene rings is 2. The smallest absolute Gasteiger partial charge is 0.257 e. The number of rotatable bonds is 5. The Hall–Kier alpha value is -3.52. The molecule has 1 aromatic heterocycles. The van der Waals surface area contributed by atoms with Crippen molar-refractivity contribution < 1.29 is 19.1 Å². The van der Waals surface area contributed by atoms with Crippen molar-refractivity contribution in [1.29, 1.82) is 0 Å². The Morgan fingerprint density at radius 2 is 1.58 bits per heavy atom. The summed E-state index contributed by atoms with van der Waals surface area (Å²) in [6, 6.07) is 13.1. The van der Waals surface area contributed by atoms with Crippen molar-refractivity contribution in [3.05, 3.63) is 70.2 Å². The Morgan fingerprint density at radius 1 is 1.00 bits per heavy atom. The first-order chi connectivity index (χ1) is 14.7. The number of nitrogens with zero attached hydrogens (tertiary/aromatic N) is 1. The molecule has 2 amide bonds. The van der Waals surface area contributed by atoms with Gasteiger partial charge in [-0.2, -0.15) is 0 Å². The van der Waals surface area contributed by atoms with Crippen molar-refractivity contribution in [2.24, 2.45) is 11.1 Å². The molecule has 1 heterocycles. The first kappa shape index (κ1) is 20.7. The average Bonchev–Trinajstić information content (AvgIpc) is 3.10. The highest BCUT2D eigenvalue weighted by molar-refractivity contribution is 7.17. The summed E-state index contributed by atoms with van der Waals surface area (Å²) in [6.45, 7) is 4.09. The lowest BCUT2D eigenvalue weighted by Crippen LogP contribution is -2.26. The molecule has 0 atom stereocenters. The molecule has 0 bridgehead atoms. The van der Waals surface area contributed by atoms with Gasteiger partial charge in [0, 0.05) is 17.5 Å². The number of nitrogens with one attached hydrogen (secondary N) is 1. The van der Waals surface area contributed by atoms with Crippen molar-refractivity contribution in [1.82, 2.24) is 4.98 Å². The second kappa shape index (κ2) is 7.96. The molecule has 0 saturated carbocycles. The summed E-state index contributed by atoms with van der Waals surface area (Å²) >= 11 is 1.23. The summed E-state index contributed by atoms with van der Waals surface area (Å²) in [4.78, 5) is 41.2. The number of carbonyl (C=O) groups excluding carboxylic acids is 3. The van der Waals surface area contributed by atoms with Crippen molar-refractivity contribution in [2.45, 2.75) is 26.7 Å². The maximum absolute atomic E-state index is 12.6. The molecule has 8 heteroatoms. The van der Waals surface area contributed by atoms with Crippen LogP contribution in [-0.2, 0) is 6.42 Å². The molecular formula is C23H21N3O4S. The zero-order valence-corrected chi connectivity index (χ0v) is 17.9. The van der Waals surface area contributed by atoms with Crippen LogP contribution in [0.1, 0.15) is 56.3 Å². The zero-order chi connectivity index (χ0) is 22.2. The molecule has 0 aliphatic heterocycles. The summed E-state index contributed by atoms with van der Waals surface area (Å²) in [5.41, 5.74) is 6.70. The number of amides is 2. The molecular weight excluding hydrogens is 414 g/mol. The number of primary amides is 1. The predicted molar refractivity (Wildman–Crippen MR) is 118 cm³/mol. The highest BCUT2D eigenvalue weighted by Crippen LogP contribution is 2.38. The number of anilines is 1. The van der Waals surface area contributed by atoms with Gasteiger partial charge in [0.05, 0.1) is 10.6 Å². The molecule has 2 aromatic carbocycles. The van der Waals surface area contributed by atoms with Crippen LogP contribution < -0.4 is 15.8 Å². The number of aromatic nitrogens is 1. The molecule has 0 radical (unpaired) electrons. The van der Waals surface area contributed by atoms with E-state index in [0.717, 1.165) is 5.69 Å². The average molecular weight is 436 g/mol. The Balaban J connectivity index is 1.42. The van der Waals surface area contributed by atoms with Gasteiger partial charge in [0.25, 0.3) is 5.91 Å². The number of hydrogen-bond acceptors (Lipinski definition) is 6. The molecule has 1 aliphatic carbocycles. The fourth-order valence-corrected chi connectivity index (χ4v) is 4.36. The number of fused-ring (bicyclic) bond motifs is 1. The van der Waals surface area contributed by atoms with Gasteiger partial charge in [-0.25, -0.2) is 4.98 Å². The van der Waals surface area contributed by atoms with E-state index in [-0.39, 0.29) is 17.1 Å². The predicted octanol–water partition coefficient (Wildman–Crippen LogP) is 4.44. The minimum atomic E-state index is -0.504. The van der Waals surface area contributed by atoms with Gasteiger partial charge in [-0.15, -0.1) is 0 Å². The summed E-state index contributed by atoms with van der Waals surface area (Å²) < 4.78 is 5.72. The lowest BCUT2D eigenvalue weighted by molar-refractivity contribution is 0.0914. The molecule has 0 spiro atoms. The van der Waals surface area contributed by atoms with Crippen LogP contribution >= 0.6 is 11.3 Å². The summed E-state index contributed by atoms with van der Waals surface area (Å²) in [6.07, 6.45) is 1.20. The zero-order valence-electron chi connectivity index (χ0n) is 17.1. The number of hydrogen-bond donors (Lipinski definition) is 2. The maximum Gasteiger partial charge on any atom is 0.257 e. The van der Waals surface area contributed by atoms with Crippen LogP contribution in [-0.4, -0.2) is 22.6 Å². The van der Waals surface area contributed by atoms with Crippen LogP contribution in [0.25, 0.3) is 0 Å². The Kier molecular flexibility index (Phi) is 5.32. The van der Waals surface area contributed by atoms with Crippen LogP contribution in [0.5, 0.6) is 11.5 Å². The van der Waals surface area contributed by atoms with Gasteiger partial charge >= 0.3 is 0 Å². The van der Waals surface area contributed by atoms with E-state index in [2.05, 4.69) is 10.3 Å². The van der Waals surface area contributed by atoms with Crippen LogP contribution in [0.2, 0.25) is 0 Å². The monoisotopic (exact) mass is 435 g/mol. The lowest BCUT2D eigenvalue weighted by atomic mass is 9.78. The summed E-state index contributed by atoms with van der Waals surface area (Å²) in [5.74, 6) is 0.352. The third kappa shape index (κ3) is 4.64. The van der Waals surface area contributed by atoms with E-state index in [1.165, 1.54) is 11.3 Å². The van der Waals surface area contributed by atoms with Gasteiger partial charge < -0.3 is 10.5 Å². The van der Waals surface area contributed by atoms with E-state index in [9.17, 15) is 14.4 Å². The summed E-state index contributed by atoms with van der Waals surface area (Å²) in [7, 11) is 0. The number of thiazole rings is 1. The maximum atomic E-state index is 12.6. The molecule has 3 N–H and O–H groups in total. The molecule has 0 unspecified atom stereocenters. The van der Waals surface area contributed by atoms with Gasteiger partial charge in [0.1, 0.15) is 11.5 Å². The third-order valence-electron chi connectivity index (χ3n) is 4.95. The van der Waals surface area contributed by atoms with Crippen LogP contribution in [0.3, 0.4) is 0 Å². The first-order valence-corrected chi connectivity index (χ1v) is 10.5. The molecule has 3 aromatic rings. The van der Waals surface area contributed by atoms with E-state index in [1.54, 1.807) is 48.5 Å². The second-order valence-electron chi connectivity index (χ2n) is 8.20. The van der Waals surface area contributed by atoms with Crippen LogP contribution in [0.15, 0.2) is 48.5 Å². The van der Waals surface area contributed by atoms with E-state index in [0.29, 0.717) is 45.5 Å². The summed E-state index contributed by atoms with van der Waals surface area (Å²) in [5, 5.41) is 3.21. The standard InChI is InChI=1S/C23H21N3O4S/c1-23(2)11-17-19(18(27)12-23)31-22(25-17)26-21(29)14-5-9-16(10-6-14)30-15-7-3-13(4-8-15)20(24)28/h3-10H,11-12H2,1-2H3,(H2,24,28)(H,25,26,29).